The summed E-state index contributed by atoms with van der Waals surface area (Å²) in [5, 5.41) is 1.95. The molecule has 0 saturated carbocycles. The molecule has 6 nitrogen and oxygen atoms in total. The van der Waals surface area contributed by atoms with Gasteiger partial charge in [0, 0.05) is 18.0 Å². The van der Waals surface area contributed by atoms with Gasteiger partial charge < -0.3 is 9.64 Å². The van der Waals surface area contributed by atoms with Gasteiger partial charge in [0.15, 0.2) is 5.13 Å². The molecule has 1 unspecified atom stereocenters. The predicted octanol–water partition coefficient (Wildman–Crippen LogP) is 6.30. The van der Waals surface area contributed by atoms with Gasteiger partial charge in [-0.2, -0.15) is 0 Å². The van der Waals surface area contributed by atoms with Gasteiger partial charge in [-0.25, -0.2) is 4.98 Å². The summed E-state index contributed by atoms with van der Waals surface area (Å²) in [4.78, 5) is 33.7. The van der Waals surface area contributed by atoms with Crippen LogP contribution in [0.15, 0.2) is 53.9 Å². The minimum Gasteiger partial charge on any atom is -0.406 e. The Bertz CT molecular complexity index is 1200. The first-order valence-corrected chi connectivity index (χ1v) is 11.6. The quantitative estimate of drug-likeness (QED) is 0.405. The van der Waals surface area contributed by atoms with Crippen molar-refractivity contribution in [2.75, 3.05) is 11.4 Å². The Morgan fingerprint density at radius 1 is 1.18 bits per heavy atom. The number of hydrogen-bond acceptors (Lipinski definition) is 5. The third-order valence-electron chi connectivity index (χ3n) is 5.35. The fourth-order valence-corrected chi connectivity index (χ4v) is 4.75. The summed E-state index contributed by atoms with van der Waals surface area (Å²) in [6, 6.07) is 11.3. The van der Waals surface area contributed by atoms with Crippen LogP contribution in [0.4, 0.5) is 24.0 Å². The molecular formula is C23H19ClF3N3O3S. The molecule has 1 aliphatic heterocycles. The number of likely N-dealkylation sites (tertiary alicyclic amines) is 1. The molecule has 0 aliphatic carbocycles. The van der Waals surface area contributed by atoms with Gasteiger partial charge in [-0.15, -0.1) is 24.5 Å². The molecule has 2 heterocycles. The van der Waals surface area contributed by atoms with Crippen molar-refractivity contribution in [3.8, 4) is 5.75 Å². The van der Waals surface area contributed by atoms with Crippen LogP contribution in [0.2, 0.25) is 5.02 Å². The first-order valence-electron chi connectivity index (χ1n) is 10.4. The Labute approximate surface area is 202 Å². The average Bonchev–Trinajstić information content (AvgIpc) is 3.43. The van der Waals surface area contributed by atoms with E-state index >= 15 is 0 Å². The molecule has 1 aromatic heterocycles. The normalized spacial score (nSPS) is 15.9. The molecule has 4 rings (SSSR count). The van der Waals surface area contributed by atoms with E-state index in [1.807, 2.05) is 6.92 Å². The van der Waals surface area contributed by atoms with Crippen molar-refractivity contribution in [1.29, 1.82) is 0 Å². The molecule has 0 spiro atoms. The maximum absolute atomic E-state index is 13.5. The number of nitrogens with zero attached hydrogens (tertiary/aromatic N) is 3. The summed E-state index contributed by atoms with van der Waals surface area (Å²) in [5.41, 5.74) is 0.612. The number of hydrogen-bond donors (Lipinski definition) is 0. The second-order valence-corrected chi connectivity index (χ2v) is 8.91. The SMILES string of the molecule is CC1CCCN1C(=O)c1csc(N(C(=O)c2ccccc2Cl)c2ccc(OC(F)(F)F)cc2)n1. The molecule has 1 aliphatic rings. The third kappa shape index (κ3) is 5.18. The van der Waals surface area contributed by atoms with Crippen LogP contribution in [0.25, 0.3) is 0 Å². The lowest BCUT2D eigenvalue weighted by molar-refractivity contribution is -0.274. The highest BCUT2D eigenvalue weighted by atomic mass is 35.5. The number of halogens is 4. The number of alkyl halides is 3. The van der Waals surface area contributed by atoms with Crippen LogP contribution in [0, 0.1) is 0 Å². The number of ether oxygens (including phenoxy) is 1. The Balaban J connectivity index is 1.70. The van der Waals surface area contributed by atoms with E-state index in [1.54, 1.807) is 28.5 Å². The van der Waals surface area contributed by atoms with Gasteiger partial charge in [0.05, 0.1) is 16.3 Å². The number of thiazole rings is 1. The van der Waals surface area contributed by atoms with Crippen LogP contribution in [0.5, 0.6) is 5.75 Å². The van der Waals surface area contributed by atoms with Gasteiger partial charge in [0.1, 0.15) is 11.4 Å². The number of anilines is 2. The maximum atomic E-state index is 13.5. The zero-order valence-electron chi connectivity index (χ0n) is 17.9. The lowest BCUT2D eigenvalue weighted by Gasteiger charge is -2.22. The van der Waals surface area contributed by atoms with Crippen molar-refractivity contribution in [1.82, 2.24) is 9.88 Å². The van der Waals surface area contributed by atoms with E-state index in [2.05, 4.69) is 9.72 Å². The van der Waals surface area contributed by atoms with Crippen molar-refractivity contribution >= 4 is 45.6 Å². The van der Waals surface area contributed by atoms with E-state index in [0.717, 1.165) is 36.3 Å². The molecule has 0 radical (unpaired) electrons. The zero-order valence-corrected chi connectivity index (χ0v) is 19.5. The van der Waals surface area contributed by atoms with Gasteiger partial charge in [-0.05, 0) is 56.2 Å². The molecular weight excluding hydrogens is 491 g/mol. The van der Waals surface area contributed by atoms with Crippen LogP contribution in [-0.2, 0) is 0 Å². The smallest absolute Gasteiger partial charge is 0.406 e. The highest BCUT2D eigenvalue weighted by molar-refractivity contribution is 7.14. The van der Waals surface area contributed by atoms with Gasteiger partial charge in [0.25, 0.3) is 11.8 Å². The van der Waals surface area contributed by atoms with Gasteiger partial charge in [0.2, 0.25) is 0 Å². The number of aromatic nitrogens is 1. The standard InChI is InChI=1S/C23H19ClF3N3O3S/c1-14-5-4-12-29(14)21(32)19-13-34-22(28-19)30(20(31)17-6-2-3-7-18(17)24)15-8-10-16(11-9-15)33-23(25,26)27/h2-3,6-11,13-14H,4-5,12H2,1H3. The first kappa shape index (κ1) is 24.0. The van der Waals surface area contributed by atoms with Crippen LogP contribution in [0.3, 0.4) is 0 Å². The average molecular weight is 510 g/mol. The van der Waals surface area contributed by atoms with Crippen molar-refractivity contribution < 1.29 is 27.5 Å². The molecule has 0 bridgehead atoms. The number of carbonyl (C=O) groups excluding carboxylic acids is 2. The maximum Gasteiger partial charge on any atom is 0.573 e. The van der Waals surface area contributed by atoms with Crippen LogP contribution >= 0.6 is 22.9 Å². The van der Waals surface area contributed by atoms with E-state index < -0.39 is 18.0 Å². The summed E-state index contributed by atoms with van der Waals surface area (Å²) in [5.74, 6) is -1.20. The fourth-order valence-electron chi connectivity index (χ4n) is 3.71. The van der Waals surface area contributed by atoms with E-state index in [4.69, 9.17) is 11.6 Å². The lowest BCUT2D eigenvalue weighted by Crippen LogP contribution is -2.34. The minimum atomic E-state index is -4.84. The Hall–Kier alpha value is -3.11. The largest absolute Gasteiger partial charge is 0.573 e. The summed E-state index contributed by atoms with van der Waals surface area (Å²) in [6.07, 6.45) is -3.02. The zero-order chi connectivity index (χ0) is 24.5. The molecule has 2 amide bonds. The van der Waals surface area contributed by atoms with Gasteiger partial charge in [-0.1, -0.05) is 23.7 Å². The topological polar surface area (TPSA) is 62.7 Å². The van der Waals surface area contributed by atoms with Gasteiger partial charge >= 0.3 is 6.36 Å². The number of carbonyl (C=O) groups is 2. The van der Waals surface area contributed by atoms with Gasteiger partial charge in [-0.3, -0.25) is 14.5 Å². The Morgan fingerprint density at radius 3 is 2.50 bits per heavy atom. The lowest BCUT2D eigenvalue weighted by atomic mass is 10.2. The molecule has 3 aromatic rings. The second-order valence-electron chi connectivity index (χ2n) is 7.67. The number of amides is 2. The molecule has 1 fully saturated rings. The first-order chi connectivity index (χ1) is 16.1. The highest BCUT2D eigenvalue weighted by Gasteiger charge is 2.32. The molecule has 1 saturated heterocycles. The molecule has 178 valence electrons. The van der Waals surface area contributed by atoms with Crippen LogP contribution in [0.1, 0.15) is 40.6 Å². The predicted molar refractivity (Wildman–Crippen MR) is 123 cm³/mol. The summed E-state index contributed by atoms with van der Waals surface area (Å²) >= 11 is 7.30. The Kier molecular flexibility index (Phi) is 6.81. The summed E-state index contributed by atoms with van der Waals surface area (Å²) < 4.78 is 41.6. The summed E-state index contributed by atoms with van der Waals surface area (Å²) in [6.45, 7) is 2.60. The monoisotopic (exact) mass is 509 g/mol. The molecule has 1 atom stereocenters. The van der Waals surface area contributed by atoms with E-state index in [-0.39, 0.29) is 39.0 Å². The fraction of sp³-hybridized carbons (Fsp3) is 0.261. The molecule has 34 heavy (non-hydrogen) atoms. The number of rotatable bonds is 5. The van der Waals surface area contributed by atoms with Crippen LogP contribution in [-0.4, -0.2) is 40.6 Å². The van der Waals surface area contributed by atoms with Crippen molar-refractivity contribution in [2.24, 2.45) is 0 Å². The van der Waals surface area contributed by atoms with Crippen molar-refractivity contribution in [3.63, 3.8) is 0 Å². The molecule has 2 aromatic carbocycles. The van der Waals surface area contributed by atoms with Crippen molar-refractivity contribution in [3.05, 3.63) is 70.2 Å². The third-order valence-corrected chi connectivity index (χ3v) is 6.51. The van der Waals surface area contributed by atoms with Crippen LogP contribution < -0.4 is 9.64 Å². The second kappa shape index (κ2) is 9.63. The van der Waals surface area contributed by atoms with E-state index in [9.17, 15) is 22.8 Å². The molecule has 11 heteroatoms. The minimum absolute atomic E-state index is 0.0969. The summed E-state index contributed by atoms with van der Waals surface area (Å²) in [7, 11) is 0. The highest BCUT2D eigenvalue weighted by Crippen LogP contribution is 2.34. The molecule has 0 N–H and O–H groups in total. The van der Waals surface area contributed by atoms with E-state index in [0.29, 0.717) is 6.54 Å². The number of benzene rings is 2. The van der Waals surface area contributed by atoms with Crippen molar-refractivity contribution in [2.45, 2.75) is 32.2 Å². The van der Waals surface area contributed by atoms with E-state index in [1.165, 1.54) is 23.1 Å². The Morgan fingerprint density at radius 2 is 1.88 bits per heavy atom.